The van der Waals surface area contributed by atoms with Gasteiger partial charge in [0, 0.05) is 17.1 Å². The third-order valence-corrected chi connectivity index (χ3v) is 10.7. The van der Waals surface area contributed by atoms with Gasteiger partial charge in [-0.3, -0.25) is 14.9 Å². The number of imide groups is 2. The fourth-order valence-electron chi connectivity index (χ4n) is 9.00. The summed E-state index contributed by atoms with van der Waals surface area (Å²) in [5.41, 5.74) is 7.07. The van der Waals surface area contributed by atoms with Crippen LogP contribution >= 0.6 is 0 Å². The maximum absolute atomic E-state index is 13.7. The van der Waals surface area contributed by atoms with Gasteiger partial charge in [0.15, 0.2) is 0 Å². The highest BCUT2D eigenvalue weighted by molar-refractivity contribution is 6.39. The summed E-state index contributed by atoms with van der Waals surface area (Å²) < 4.78 is 2.13. The first-order valence-electron chi connectivity index (χ1n) is 16.0. The molecule has 6 heteroatoms. The number of benzene rings is 2. The second-order valence-electron chi connectivity index (χ2n) is 13.6. The molecule has 4 saturated carbocycles. The zero-order chi connectivity index (χ0) is 29.9. The minimum absolute atomic E-state index is 0.0417. The Morgan fingerprint density at radius 2 is 1.47 bits per heavy atom. The average molecular weight is 576 g/mol. The molecule has 4 amide bonds. The second kappa shape index (κ2) is 10.7. The van der Waals surface area contributed by atoms with Crippen molar-refractivity contribution in [2.24, 2.45) is 17.8 Å². The maximum Gasteiger partial charge on any atom is 0.335 e. The third-order valence-electron chi connectivity index (χ3n) is 10.7. The average Bonchev–Trinajstić information content (AvgIpc) is 3.26. The van der Waals surface area contributed by atoms with E-state index in [4.69, 9.17) is 0 Å². The summed E-state index contributed by atoms with van der Waals surface area (Å²) in [6.45, 7) is 6.20. The van der Waals surface area contributed by atoms with Gasteiger partial charge in [-0.1, -0.05) is 37.6 Å². The number of aryl methyl sites for hydroxylation is 2. The Morgan fingerprint density at radius 3 is 2.07 bits per heavy atom. The molecule has 0 spiro atoms. The lowest BCUT2D eigenvalue weighted by atomic mass is 9.48. The fraction of sp³-hybridized carbons (Fsp3) is 0.432. The molecular formula is C37H41N3O3. The SMILES string of the molecule is CCCCc1ccc(-n2c(C)cc(/C=C3\C(=O)NC(=O)N(c4ccc(C56CC7CC(CC(C7)C5)C6)cc4)C3=O)c2C)cc1. The predicted molar refractivity (Wildman–Crippen MR) is 169 cm³/mol. The van der Waals surface area contributed by atoms with E-state index in [1.165, 1.54) is 56.1 Å². The van der Waals surface area contributed by atoms with Crippen LogP contribution in [-0.4, -0.2) is 22.4 Å². The van der Waals surface area contributed by atoms with Gasteiger partial charge < -0.3 is 4.57 Å². The van der Waals surface area contributed by atoms with Gasteiger partial charge in [-0.15, -0.1) is 0 Å². The van der Waals surface area contributed by atoms with Crippen molar-refractivity contribution in [3.8, 4) is 5.69 Å². The summed E-state index contributed by atoms with van der Waals surface area (Å²) in [4.78, 5) is 40.7. The summed E-state index contributed by atoms with van der Waals surface area (Å²) >= 11 is 0. The molecule has 0 unspecified atom stereocenters. The lowest BCUT2D eigenvalue weighted by Gasteiger charge is -2.57. The quantitative estimate of drug-likeness (QED) is 0.233. The number of amides is 4. The van der Waals surface area contributed by atoms with Crippen LogP contribution < -0.4 is 10.2 Å². The molecule has 222 valence electrons. The van der Waals surface area contributed by atoms with Crippen LogP contribution in [-0.2, 0) is 21.4 Å². The molecule has 2 heterocycles. The van der Waals surface area contributed by atoms with E-state index in [9.17, 15) is 14.4 Å². The van der Waals surface area contributed by atoms with Gasteiger partial charge in [0.25, 0.3) is 11.8 Å². The number of aromatic nitrogens is 1. The molecule has 1 aromatic heterocycles. The number of carbonyl (C=O) groups is 3. The number of hydrogen-bond donors (Lipinski definition) is 1. The van der Waals surface area contributed by atoms with Crippen molar-refractivity contribution < 1.29 is 14.4 Å². The largest absolute Gasteiger partial charge is 0.335 e. The number of hydrogen-bond acceptors (Lipinski definition) is 3. The summed E-state index contributed by atoms with van der Waals surface area (Å²) in [6.07, 6.45) is 12.9. The molecule has 43 heavy (non-hydrogen) atoms. The van der Waals surface area contributed by atoms with E-state index in [-0.39, 0.29) is 11.0 Å². The van der Waals surface area contributed by atoms with E-state index in [2.05, 4.69) is 53.2 Å². The van der Waals surface area contributed by atoms with Gasteiger partial charge in [0.05, 0.1) is 5.69 Å². The van der Waals surface area contributed by atoms with Gasteiger partial charge in [0.2, 0.25) is 0 Å². The Hall–Kier alpha value is -3.93. The number of nitrogens with zero attached hydrogens (tertiary/aromatic N) is 2. The molecule has 4 bridgehead atoms. The summed E-state index contributed by atoms with van der Waals surface area (Å²) in [7, 11) is 0. The highest BCUT2D eigenvalue weighted by Crippen LogP contribution is 2.60. The van der Waals surface area contributed by atoms with Crippen molar-refractivity contribution in [1.29, 1.82) is 0 Å². The fourth-order valence-corrected chi connectivity index (χ4v) is 9.00. The first-order valence-corrected chi connectivity index (χ1v) is 16.0. The number of unbranched alkanes of at least 4 members (excludes halogenated alkanes) is 1. The zero-order valence-electron chi connectivity index (χ0n) is 25.5. The van der Waals surface area contributed by atoms with Gasteiger partial charge in [-0.05, 0) is 141 Å². The lowest BCUT2D eigenvalue weighted by molar-refractivity contribution is -0.122. The summed E-state index contributed by atoms with van der Waals surface area (Å²) in [5.74, 6) is 1.26. The number of anilines is 1. The molecule has 1 aliphatic heterocycles. The molecule has 4 aliphatic carbocycles. The lowest BCUT2D eigenvalue weighted by Crippen LogP contribution is -2.54. The smallest absolute Gasteiger partial charge is 0.318 e. The maximum atomic E-state index is 13.7. The van der Waals surface area contributed by atoms with E-state index in [1.807, 2.05) is 32.0 Å². The number of rotatable bonds is 7. The minimum Gasteiger partial charge on any atom is -0.318 e. The normalized spacial score (nSPS) is 27.3. The van der Waals surface area contributed by atoms with Crippen molar-refractivity contribution >= 4 is 29.6 Å². The second-order valence-corrected chi connectivity index (χ2v) is 13.6. The first kappa shape index (κ1) is 27.9. The van der Waals surface area contributed by atoms with Gasteiger partial charge in [-0.2, -0.15) is 0 Å². The van der Waals surface area contributed by atoms with Crippen LogP contribution in [0.1, 0.15) is 86.4 Å². The molecule has 6 nitrogen and oxygen atoms in total. The summed E-state index contributed by atoms with van der Waals surface area (Å²) in [6, 6.07) is 17.8. The van der Waals surface area contributed by atoms with Gasteiger partial charge in [-0.25, -0.2) is 9.69 Å². The number of carbonyl (C=O) groups excluding carboxylic acids is 3. The number of nitrogens with one attached hydrogen (secondary N) is 1. The molecule has 1 N–H and O–H groups in total. The molecule has 5 aliphatic rings. The van der Waals surface area contributed by atoms with Crippen LogP contribution in [0.2, 0.25) is 0 Å². The number of barbiturate groups is 1. The molecule has 2 aromatic carbocycles. The molecule has 1 saturated heterocycles. The van der Waals surface area contributed by atoms with E-state index >= 15 is 0 Å². The monoisotopic (exact) mass is 575 g/mol. The van der Waals surface area contributed by atoms with Crippen molar-refractivity contribution in [2.45, 2.75) is 84.0 Å². The Kier molecular flexibility index (Phi) is 6.91. The predicted octanol–water partition coefficient (Wildman–Crippen LogP) is 7.57. The van der Waals surface area contributed by atoms with Gasteiger partial charge in [0.1, 0.15) is 5.57 Å². The number of urea groups is 1. The van der Waals surface area contributed by atoms with Crippen LogP contribution in [0, 0.1) is 31.6 Å². The van der Waals surface area contributed by atoms with Gasteiger partial charge >= 0.3 is 6.03 Å². The molecule has 5 fully saturated rings. The highest BCUT2D eigenvalue weighted by Gasteiger charge is 2.51. The van der Waals surface area contributed by atoms with Crippen LogP contribution in [0.25, 0.3) is 11.8 Å². The third kappa shape index (κ3) is 4.85. The van der Waals surface area contributed by atoms with Crippen molar-refractivity contribution in [3.63, 3.8) is 0 Å². The Balaban J connectivity index is 1.15. The van der Waals surface area contributed by atoms with E-state index in [0.717, 1.165) is 58.1 Å². The van der Waals surface area contributed by atoms with Crippen molar-refractivity contribution in [1.82, 2.24) is 9.88 Å². The zero-order valence-corrected chi connectivity index (χ0v) is 25.5. The molecular weight excluding hydrogens is 534 g/mol. The molecule has 0 atom stereocenters. The minimum atomic E-state index is -0.705. The van der Waals surface area contributed by atoms with Crippen molar-refractivity contribution in [2.75, 3.05) is 4.90 Å². The van der Waals surface area contributed by atoms with E-state index in [1.54, 1.807) is 6.08 Å². The highest BCUT2D eigenvalue weighted by atomic mass is 16.2. The molecule has 8 rings (SSSR count). The standard InChI is InChI=1S/C37H41N3O3/c1-4-5-6-25-7-11-31(12-8-25)39-23(2)15-29(24(39)3)19-33-34(41)38-36(43)40(35(33)42)32-13-9-30(10-14-32)37-20-26-16-27(21-37)18-28(17-26)22-37/h7-15,19,26-28H,4-6,16-18,20-22H2,1-3H3,(H,38,41,43)/b33-19+. The van der Waals surface area contributed by atoms with Crippen LogP contribution in [0.4, 0.5) is 10.5 Å². The van der Waals surface area contributed by atoms with E-state index < -0.39 is 17.8 Å². The molecule has 0 radical (unpaired) electrons. The first-order chi connectivity index (χ1) is 20.7. The molecule has 3 aromatic rings. The summed E-state index contributed by atoms with van der Waals surface area (Å²) in [5, 5.41) is 2.40. The van der Waals surface area contributed by atoms with Crippen LogP contribution in [0.3, 0.4) is 0 Å². The van der Waals surface area contributed by atoms with Crippen LogP contribution in [0.5, 0.6) is 0 Å². The Labute approximate surface area is 254 Å². The Bertz CT molecular complexity index is 1590. The van der Waals surface area contributed by atoms with Crippen molar-refractivity contribution in [3.05, 3.63) is 88.2 Å². The van der Waals surface area contributed by atoms with Crippen LogP contribution in [0.15, 0.2) is 60.2 Å². The Morgan fingerprint density at radius 1 is 0.860 bits per heavy atom. The van der Waals surface area contributed by atoms with E-state index in [0.29, 0.717) is 5.69 Å². The topological polar surface area (TPSA) is 71.4 Å².